The lowest BCUT2D eigenvalue weighted by molar-refractivity contribution is 0.202. The van der Waals surface area contributed by atoms with Crippen LogP contribution in [-0.2, 0) is 0 Å². The van der Waals surface area contributed by atoms with Crippen LogP contribution in [0.5, 0.6) is 0 Å². The zero-order valence-corrected chi connectivity index (χ0v) is 12.1. The third-order valence-corrected chi connectivity index (χ3v) is 4.78. The van der Waals surface area contributed by atoms with Gasteiger partial charge >= 0.3 is 6.03 Å². The van der Waals surface area contributed by atoms with Crippen molar-refractivity contribution in [1.29, 1.82) is 0 Å². The number of nitrogens with one attached hydrogen (secondary N) is 2. The van der Waals surface area contributed by atoms with Crippen LogP contribution in [0.4, 0.5) is 4.79 Å². The quantitative estimate of drug-likeness (QED) is 0.664. The first-order valence-electron chi connectivity index (χ1n) is 7.79. The van der Waals surface area contributed by atoms with Crippen LogP contribution in [0.25, 0.3) is 0 Å². The second-order valence-corrected chi connectivity index (χ2v) is 6.61. The molecule has 4 heteroatoms. The minimum atomic E-state index is -0.0846. The maximum Gasteiger partial charge on any atom is 0.315 e. The molecule has 0 spiro atoms. The number of aliphatic hydroxyl groups is 1. The number of carbonyl (C=O) groups excluding carboxylic acids is 1. The van der Waals surface area contributed by atoms with Crippen molar-refractivity contribution < 1.29 is 9.90 Å². The van der Waals surface area contributed by atoms with Crippen LogP contribution in [-0.4, -0.2) is 30.3 Å². The Morgan fingerprint density at radius 3 is 2.63 bits per heavy atom. The normalized spacial score (nSPS) is 23.1. The predicted octanol–water partition coefficient (Wildman–Crippen LogP) is 2.42. The molecule has 0 heterocycles. The molecule has 2 saturated carbocycles. The molecule has 0 aromatic heterocycles. The van der Waals surface area contributed by atoms with Gasteiger partial charge in [0, 0.05) is 18.0 Å². The van der Waals surface area contributed by atoms with E-state index in [9.17, 15) is 9.90 Å². The SMILES string of the molecule is CC(CCC1CCCC1)NC(=O)NCC1(CO)CC1. The number of amides is 2. The van der Waals surface area contributed by atoms with Gasteiger partial charge in [0.1, 0.15) is 0 Å². The van der Waals surface area contributed by atoms with Crippen molar-refractivity contribution in [2.75, 3.05) is 13.2 Å². The topological polar surface area (TPSA) is 61.4 Å². The summed E-state index contributed by atoms with van der Waals surface area (Å²) < 4.78 is 0. The van der Waals surface area contributed by atoms with Gasteiger partial charge in [-0.05, 0) is 38.5 Å². The van der Waals surface area contributed by atoms with Gasteiger partial charge in [0.2, 0.25) is 0 Å². The summed E-state index contributed by atoms with van der Waals surface area (Å²) in [7, 11) is 0. The van der Waals surface area contributed by atoms with Crippen LogP contribution in [0.1, 0.15) is 58.3 Å². The summed E-state index contributed by atoms with van der Waals surface area (Å²) in [4.78, 5) is 11.7. The lowest BCUT2D eigenvalue weighted by Crippen LogP contribution is -2.43. The molecule has 2 fully saturated rings. The fourth-order valence-corrected chi connectivity index (χ4v) is 2.97. The van der Waals surface area contributed by atoms with E-state index < -0.39 is 0 Å². The molecule has 0 saturated heterocycles. The fraction of sp³-hybridized carbons (Fsp3) is 0.933. The molecular formula is C15H28N2O2. The summed E-state index contributed by atoms with van der Waals surface area (Å²) >= 11 is 0. The molecule has 0 aliphatic heterocycles. The van der Waals surface area contributed by atoms with Crippen molar-refractivity contribution in [3.63, 3.8) is 0 Å². The van der Waals surface area contributed by atoms with Gasteiger partial charge in [-0.25, -0.2) is 4.79 Å². The lowest BCUT2D eigenvalue weighted by Gasteiger charge is -2.18. The molecule has 1 unspecified atom stereocenters. The smallest absolute Gasteiger partial charge is 0.315 e. The Morgan fingerprint density at radius 2 is 2.05 bits per heavy atom. The second kappa shape index (κ2) is 6.60. The van der Waals surface area contributed by atoms with Gasteiger partial charge in [-0.1, -0.05) is 25.7 Å². The van der Waals surface area contributed by atoms with Crippen LogP contribution in [0.15, 0.2) is 0 Å². The van der Waals surface area contributed by atoms with E-state index in [-0.39, 0.29) is 24.1 Å². The molecular weight excluding hydrogens is 240 g/mol. The van der Waals surface area contributed by atoms with Crippen molar-refractivity contribution in [1.82, 2.24) is 10.6 Å². The highest BCUT2D eigenvalue weighted by Gasteiger charge is 2.42. The van der Waals surface area contributed by atoms with Crippen molar-refractivity contribution in [3.05, 3.63) is 0 Å². The number of carbonyl (C=O) groups is 1. The molecule has 2 aliphatic rings. The monoisotopic (exact) mass is 268 g/mol. The molecule has 0 radical (unpaired) electrons. The largest absolute Gasteiger partial charge is 0.396 e. The van der Waals surface area contributed by atoms with E-state index >= 15 is 0 Å². The first-order chi connectivity index (χ1) is 9.13. The molecule has 0 bridgehead atoms. The third kappa shape index (κ3) is 4.68. The van der Waals surface area contributed by atoms with Crippen molar-refractivity contribution in [2.45, 2.75) is 64.3 Å². The zero-order valence-electron chi connectivity index (χ0n) is 12.1. The molecule has 19 heavy (non-hydrogen) atoms. The van der Waals surface area contributed by atoms with Gasteiger partial charge in [0.15, 0.2) is 0 Å². The van der Waals surface area contributed by atoms with Crippen LogP contribution >= 0.6 is 0 Å². The van der Waals surface area contributed by atoms with Crippen molar-refractivity contribution in [3.8, 4) is 0 Å². The van der Waals surface area contributed by atoms with Crippen LogP contribution < -0.4 is 10.6 Å². The Labute approximate surface area is 116 Å². The van der Waals surface area contributed by atoms with E-state index in [1.54, 1.807) is 0 Å². The van der Waals surface area contributed by atoms with Crippen LogP contribution in [0.2, 0.25) is 0 Å². The fourth-order valence-electron chi connectivity index (χ4n) is 2.97. The number of rotatable bonds is 7. The molecule has 0 aromatic carbocycles. The third-order valence-electron chi connectivity index (χ3n) is 4.78. The summed E-state index contributed by atoms with van der Waals surface area (Å²) in [6.45, 7) is 2.86. The number of hydrogen-bond acceptors (Lipinski definition) is 2. The van der Waals surface area contributed by atoms with Gasteiger partial charge < -0.3 is 15.7 Å². The highest BCUT2D eigenvalue weighted by atomic mass is 16.3. The molecule has 0 aromatic rings. The summed E-state index contributed by atoms with van der Waals surface area (Å²) in [6, 6.07) is 0.156. The molecule has 3 N–H and O–H groups in total. The van der Waals surface area contributed by atoms with Gasteiger partial charge in [-0.15, -0.1) is 0 Å². The van der Waals surface area contributed by atoms with E-state index in [1.165, 1.54) is 32.1 Å². The Morgan fingerprint density at radius 1 is 1.37 bits per heavy atom. The highest BCUT2D eigenvalue weighted by Crippen LogP contribution is 2.44. The average Bonchev–Trinajstić information content (AvgIpc) is 3.00. The van der Waals surface area contributed by atoms with E-state index in [1.807, 2.05) is 0 Å². The van der Waals surface area contributed by atoms with Gasteiger partial charge in [0.05, 0.1) is 6.61 Å². The zero-order chi connectivity index (χ0) is 13.7. The maximum absolute atomic E-state index is 11.7. The van der Waals surface area contributed by atoms with E-state index in [0.717, 1.165) is 25.2 Å². The van der Waals surface area contributed by atoms with Gasteiger partial charge in [-0.2, -0.15) is 0 Å². The van der Waals surface area contributed by atoms with Crippen LogP contribution in [0, 0.1) is 11.3 Å². The number of hydrogen-bond donors (Lipinski definition) is 3. The molecule has 2 aliphatic carbocycles. The number of urea groups is 1. The molecule has 4 nitrogen and oxygen atoms in total. The summed E-state index contributed by atoms with van der Waals surface area (Å²) in [5, 5.41) is 15.1. The molecule has 110 valence electrons. The minimum absolute atomic E-state index is 0.00950. The Balaban J connectivity index is 1.56. The van der Waals surface area contributed by atoms with Gasteiger partial charge in [0.25, 0.3) is 0 Å². The summed E-state index contributed by atoms with van der Waals surface area (Å²) in [5.41, 5.74) is -0.00950. The molecule has 2 rings (SSSR count). The Kier molecular flexibility index (Phi) is 5.08. The summed E-state index contributed by atoms with van der Waals surface area (Å²) in [6.07, 6.45) is 9.88. The van der Waals surface area contributed by atoms with Crippen molar-refractivity contribution >= 4 is 6.03 Å². The lowest BCUT2D eigenvalue weighted by atomic mass is 9.99. The average molecular weight is 268 g/mol. The standard InChI is InChI=1S/C15H28N2O2/c1-12(6-7-13-4-2-3-5-13)17-14(19)16-10-15(11-18)8-9-15/h12-13,18H,2-11H2,1H3,(H2,16,17,19). The van der Waals surface area contributed by atoms with Crippen molar-refractivity contribution in [2.24, 2.45) is 11.3 Å². The van der Waals surface area contributed by atoms with Gasteiger partial charge in [-0.3, -0.25) is 0 Å². The minimum Gasteiger partial charge on any atom is -0.396 e. The molecule has 2 amide bonds. The molecule has 1 atom stereocenters. The maximum atomic E-state index is 11.7. The Hall–Kier alpha value is -0.770. The van der Waals surface area contributed by atoms with E-state index in [4.69, 9.17) is 0 Å². The first kappa shape index (κ1) is 14.6. The first-order valence-corrected chi connectivity index (χ1v) is 7.79. The van der Waals surface area contributed by atoms with E-state index in [0.29, 0.717) is 6.54 Å². The highest BCUT2D eigenvalue weighted by molar-refractivity contribution is 5.74. The van der Waals surface area contributed by atoms with Crippen LogP contribution in [0.3, 0.4) is 0 Å². The van der Waals surface area contributed by atoms with E-state index in [2.05, 4.69) is 17.6 Å². The summed E-state index contributed by atoms with van der Waals surface area (Å²) in [5.74, 6) is 0.886. The predicted molar refractivity (Wildman–Crippen MR) is 75.9 cm³/mol. The Bertz CT molecular complexity index is 297. The second-order valence-electron chi connectivity index (χ2n) is 6.61. The number of aliphatic hydroxyl groups excluding tert-OH is 1.